The largest absolute Gasteiger partial charge is 0.378 e. The minimum atomic E-state index is -0.343. The Balaban J connectivity index is 1.60. The molecule has 0 radical (unpaired) electrons. The van der Waals surface area contributed by atoms with E-state index in [0.29, 0.717) is 31.3 Å². The lowest BCUT2D eigenvalue weighted by Crippen LogP contribution is -2.48. The van der Waals surface area contributed by atoms with Crippen molar-refractivity contribution >= 4 is 22.4 Å². The van der Waals surface area contributed by atoms with E-state index in [-0.39, 0.29) is 17.8 Å². The molecule has 1 aliphatic heterocycles. The van der Waals surface area contributed by atoms with Gasteiger partial charge in [-0.1, -0.05) is 12.1 Å². The average Bonchev–Trinajstić information content (AvgIpc) is 2.95. The number of rotatable bonds is 4. The molecule has 0 saturated carbocycles. The SMILES string of the molecule is O=C(Nc1ncc(Cc2cccc(F)c2)s1)C1COCCN1. The summed E-state index contributed by atoms with van der Waals surface area (Å²) in [5.41, 5.74) is 0.879. The highest BCUT2D eigenvalue weighted by Gasteiger charge is 2.21. The third-order valence-corrected chi connectivity index (χ3v) is 4.20. The van der Waals surface area contributed by atoms with Crippen molar-refractivity contribution in [3.05, 3.63) is 46.7 Å². The fourth-order valence-corrected chi connectivity index (χ4v) is 3.07. The molecule has 7 heteroatoms. The van der Waals surface area contributed by atoms with Crippen molar-refractivity contribution in [1.82, 2.24) is 10.3 Å². The number of nitrogens with zero attached hydrogens (tertiary/aromatic N) is 1. The summed E-state index contributed by atoms with van der Waals surface area (Å²) in [5, 5.41) is 6.42. The number of ether oxygens (including phenoxy) is 1. The van der Waals surface area contributed by atoms with Crippen LogP contribution in [0.5, 0.6) is 0 Å². The number of carbonyl (C=O) groups is 1. The maximum absolute atomic E-state index is 13.2. The van der Waals surface area contributed by atoms with Crippen molar-refractivity contribution in [2.75, 3.05) is 25.1 Å². The lowest BCUT2D eigenvalue weighted by molar-refractivity contribution is -0.120. The Kier molecular flexibility index (Phi) is 4.77. The van der Waals surface area contributed by atoms with Crippen LogP contribution in [0.2, 0.25) is 0 Å². The van der Waals surface area contributed by atoms with Gasteiger partial charge in [-0.2, -0.15) is 0 Å². The second-order valence-electron chi connectivity index (χ2n) is 5.01. The van der Waals surface area contributed by atoms with Gasteiger partial charge in [0.15, 0.2) is 5.13 Å². The van der Waals surface area contributed by atoms with Gasteiger partial charge in [-0.25, -0.2) is 9.37 Å². The lowest BCUT2D eigenvalue weighted by Gasteiger charge is -2.22. The first-order valence-corrected chi connectivity index (χ1v) is 7.83. The molecule has 0 aliphatic carbocycles. The Morgan fingerprint density at radius 1 is 1.55 bits per heavy atom. The smallest absolute Gasteiger partial charge is 0.245 e. The minimum Gasteiger partial charge on any atom is -0.378 e. The van der Waals surface area contributed by atoms with E-state index >= 15 is 0 Å². The van der Waals surface area contributed by atoms with Crippen LogP contribution in [-0.4, -0.2) is 36.7 Å². The van der Waals surface area contributed by atoms with Gasteiger partial charge >= 0.3 is 0 Å². The number of hydrogen-bond donors (Lipinski definition) is 2. The van der Waals surface area contributed by atoms with Crippen molar-refractivity contribution in [2.24, 2.45) is 0 Å². The molecule has 1 atom stereocenters. The van der Waals surface area contributed by atoms with Crippen LogP contribution in [0.3, 0.4) is 0 Å². The van der Waals surface area contributed by atoms with E-state index in [4.69, 9.17) is 4.74 Å². The number of benzene rings is 1. The third kappa shape index (κ3) is 3.88. The second kappa shape index (κ2) is 6.95. The number of nitrogens with one attached hydrogen (secondary N) is 2. The monoisotopic (exact) mass is 321 g/mol. The third-order valence-electron chi connectivity index (χ3n) is 3.29. The highest BCUT2D eigenvalue weighted by molar-refractivity contribution is 7.15. The van der Waals surface area contributed by atoms with Crippen molar-refractivity contribution in [2.45, 2.75) is 12.5 Å². The number of amides is 1. The van der Waals surface area contributed by atoms with Gasteiger partial charge in [0.25, 0.3) is 0 Å². The van der Waals surface area contributed by atoms with Crippen LogP contribution < -0.4 is 10.6 Å². The number of carbonyl (C=O) groups excluding carboxylic acids is 1. The zero-order valence-corrected chi connectivity index (χ0v) is 12.7. The molecule has 5 nitrogen and oxygen atoms in total. The van der Waals surface area contributed by atoms with Crippen LogP contribution in [0.25, 0.3) is 0 Å². The van der Waals surface area contributed by atoms with Gasteiger partial charge in [-0.05, 0) is 17.7 Å². The van der Waals surface area contributed by atoms with Crippen LogP contribution in [0.1, 0.15) is 10.4 Å². The van der Waals surface area contributed by atoms with E-state index in [1.54, 1.807) is 12.3 Å². The summed E-state index contributed by atoms with van der Waals surface area (Å²) < 4.78 is 18.4. The zero-order valence-electron chi connectivity index (χ0n) is 11.8. The molecule has 1 fully saturated rings. The molecule has 1 aromatic carbocycles. The van der Waals surface area contributed by atoms with E-state index in [0.717, 1.165) is 10.4 Å². The summed E-state index contributed by atoms with van der Waals surface area (Å²) in [7, 11) is 0. The molecule has 1 aromatic heterocycles. The van der Waals surface area contributed by atoms with Crippen molar-refractivity contribution in [1.29, 1.82) is 0 Å². The number of thiazole rings is 1. The zero-order chi connectivity index (χ0) is 15.4. The van der Waals surface area contributed by atoms with Crippen LogP contribution in [0, 0.1) is 5.82 Å². The fraction of sp³-hybridized carbons (Fsp3) is 0.333. The Morgan fingerprint density at radius 3 is 3.23 bits per heavy atom. The molecule has 116 valence electrons. The van der Waals surface area contributed by atoms with E-state index < -0.39 is 0 Å². The first kappa shape index (κ1) is 15.1. The summed E-state index contributed by atoms with van der Waals surface area (Å²) in [4.78, 5) is 17.2. The van der Waals surface area contributed by atoms with Crippen molar-refractivity contribution in [3.8, 4) is 0 Å². The Bertz CT molecular complexity index is 656. The standard InChI is InChI=1S/C15H16FN3O2S/c16-11-3-1-2-10(6-11)7-12-8-18-15(22-12)19-14(20)13-9-21-5-4-17-13/h1-3,6,8,13,17H,4-5,7,9H2,(H,18,19,20). The minimum absolute atomic E-state index is 0.147. The fourth-order valence-electron chi connectivity index (χ4n) is 2.22. The molecule has 3 rings (SSSR count). The molecule has 2 heterocycles. The number of halogens is 1. The molecular formula is C15H16FN3O2S. The summed E-state index contributed by atoms with van der Waals surface area (Å²) in [6.07, 6.45) is 2.30. The van der Waals surface area contributed by atoms with Crippen LogP contribution in [0.15, 0.2) is 30.5 Å². The van der Waals surface area contributed by atoms with Crippen LogP contribution in [0.4, 0.5) is 9.52 Å². The predicted octanol–water partition coefficient (Wildman–Crippen LogP) is 1.80. The molecule has 0 bridgehead atoms. The van der Waals surface area contributed by atoms with Crippen molar-refractivity contribution in [3.63, 3.8) is 0 Å². The van der Waals surface area contributed by atoms with Gasteiger partial charge in [-0.15, -0.1) is 11.3 Å². The Morgan fingerprint density at radius 2 is 2.45 bits per heavy atom. The van der Waals surface area contributed by atoms with Gasteiger partial charge in [0.1, 0.15) is 11.9 Å². The number of morpholine rings is 1. The normalized spacial score (nSPS) is 18.1. The van der Waals surface area contributed by atoms with E-state index in [9.17, 15) is 9.18 Å². The summed E-state index contributed by atoms with van der Waals surface area (Å²) >= 11 is 1.39. The van der Waals surface area contributed by atoms with E-state index in [1.807, 2.05) is 6.07 Å². The van der Waals surface area contributed by atoms with Crippen LogP contribution >= 0.6 is 11.3 Å². The quantitative estimate of drug-likeness (QED) is 0.901. The lowest BCUT2D eigenvalue weighted by atomic mass is 10.1. The van der Waals surface area contributed by atoms with Crippen LogP contribution in [-0.2, 0) is 16.0 Å². The van der Waals surface area contributed by atoms with Gasteiger partial charge in [-0.3, -0.25) is 4.79 Å². The predicted molar refractivity (Wildman–Crippen MR) is 82.6 cm³/mol. The van der Waals surface area contributed by atoms with Gasteiger partial charge in [0.05, 0.1) is 13.2 Å². The highest BCUT2D eigenvalue weighted by Crippen LogP contribution is 2.21. The highest BCUT2D eigenvalue weighted by atomic mass is 32.1. The maximum atomic E-state index is 13.2. The Hall–Kier alpha value is -1.83. The molecule has 2 aromatic rings. The van der Waals surface area contributed by atoms with E-state index in [1.165, 1.54) is 23.5 Å². The first-order valence-electron chi connectivity index (χ1n) is 7.02. The first-order chi connectivity index (χ1) is 10.7. The van der Waals surface area contributed by atoms with Gasteiger partial charge in [0, 0.05) is 24.0 Å². The number of anilines is 1. The molecular weight excluding hydrogens is 305 g/mol. The molecule has 0 spiro atoms. The molecule has 1 aliphatic rings. The second-order valence-corrected chi connectivity index (χ2v) is 6.12. The average molecular weight is 321 g/mol. The maximum Gasteiger partial charge on any atom is 0.245 e. The summed E-state index contributed by atoms with van der Waals surface area (Å²) in [6, 6.07) is 6.12. The molecule has 1 saturated heterocycles. The van der Waals surface area contributed by atoms with Crippen molar-refractivity contribution < 1.29 is 13.9 Å². The topological polar surface area (TPSA) is 63.2 Å². The number of hydrogen-bond acceptors (Lipinski definition) is 5. The molecule has 1 unspecified atom stereocenters. The van der Waals surface area contributed by atoms with Gasteiger partial charge < -0.3 is 15.4 Å². The summed E-state index contributed by atoms with van der Waals surface area (Å²) in [6.45, 7) is 1.66. The van der Waals surface area contributed by atoms with Gasteiger partial charge in [0.2, 0.25) is 5.91 Å². The van der Waals surface area contributed by atoms with E-state index in [2.05, 4.69) is 15.6 Å². The molecule has 2 N–H and O–H groups in total. The Labute approximate surface area is 131 Å². The number of aromatic nitrogens is 1. The molecule has 1 amide bonds. The summed E-state index contributed by atoms with van der Waals surface area (Å²) in [5.74, 6) is -0.398. The molecule has 22 heavy (non-hydrogen) atoms.